The molecule has 1 atom stereocenters. The molecule has 0 N–H and O–H groups in total. The maximum atomic E-state index is 13.1. The second-order valence-electron chi connectivity index (χ2n) is 7.32. The number of carbonyl (C=O) groups is 1. The second-order valence-corrected chi connectivity index (χ2v) is 7.32. The molecule has 0 bridgehead atoms. The van der Waals surface area contributed by atoms with Gasteiger partial charge in [0, 0.05) is 13.2 Å². The largest absolute Gasteiger partial charge is 0.336 e. The van der Waals surface area contributed by atoms with Crippen LogP contribution in [0.4, 0.5) is 0 Å². The average Bonchev–Trinajstić information content (AvgIpc) is 3.41. The summed E-state index contributed by atoms with van der Waals surface area (Å²) >= 11 is 0. The smallest absolute Gasteiger partial charge is 0.257 e. The molecule has 4 aromatic rings. The lowest BCUT2D eigenvalue weighted by atomic mass is 10.0. The number of fused-ring (bicyclic) bond motifs is 1. The Bertz CT molecular complexity index is 1130. The topological polar surface area (TPSA) is 89.9 Å². The van der Waals surface area contributed by atoms with Crippen molar-refractivity contribution in [3.05, 3.63) is 66.0 Å². The summed E-state index contributed by atoms with van der Waals surface area (Å²) in [6.07, 6.45) is 4.68. The maximum absolute atomic E-state index is 13.1. The van der Waals surface area contributed by atoms with E-state index in [9.17, 15) is 4.79 Å². The zero-order valence-electron chi connectivity index (χ0n) is 16.8. The molecule has 0 aliphatic rings. The van der Waals surface area contributed by atoms with Crippen molar-refractivity contribution in [3.8, 4) is 5.69 Å². The van der Waals surface area contributed by atoms with Gasteiger partial charge in [-0.05, 0) is 36.6 Å². The molecule has 0 unspecified atom stereocenters. The molecule has 0 aliphatic carbocycles. The van der Waals surface area contributed by atoms with E-state index in [0.29, 0.717) is 11.3 Å². The number of pyridine rings is 1. The van der Waals surface area contributed by atoms with Crippen molar-refractivity contribution in [2.24, 2.45) is 0 Å². The fourth-order valence-corrected chi connectivity index (χ4v) is 3.23. The van der Waals surface area contributed by atoms with Gasteiger partial charge in [0.1, 0.15) is 12.7 Å². The average molecular weight is 390 g/mol. The van der Waals surface area contributed by atoms with E-state index in [1.807, 2.05) is 51.1 Å². The molecule has 0 saturated carbocycles. The summed E-state index contributed by atoms with van der Waals surface area (Å²) in [7, 11) is 1.79. The number of hydrogen-bond acceptors (Lipinski definition) is 6. The van der Waals surface area contributed by atoms with Gasteiger partial charge in [-0.2, -0.15) is 5.10 Å². The van der Waals surface area contributed by atoms with E-state index in [1.165, 1.54) is 12.5 Å². The Kier molecular flexibility index (Phi) is 4.84. The van der Waals surface area contributed by atoms with Crippen molar-refractivity contribution in [3.63, 3.8) is 0 Å². The number of aromatic nitrogens is 5. The van der Waals surface area contributed by atoms with Crippen LogP contribution in [0, 0.1) is 0 Å². The summed E-state index contributed by atoms with van der Waals surface area (Å²) in [5, 5.41) is 8.98. The molecule has 1 aromatic carbocycles. The maximum Gasteiger partial charge on any atom is 0.257 e. The summed E-state index contributed by atoms with van der Waals surface area (Å²) in [6.45, 7) is 6.05. The van der Waals surface area contributed by atoms with Crippen LogP contribution in [-0.2, 0) is 0 Å². The number of hydrogen-bond donors (Lipinski definition) is 0. The predicted octanol–water partition coefficient (Wildman–Crippen LogP) is 3.76. The Hall–Kier alpha value is -3.55. The Labute approximate surface area is 168 Å². The van der Waals surface area contributed by atoms with E-state index in [1.54, 1.807) is 23.0 Å². The lowest BCUT2D eigenvalue weighted by Crippen LogP contribution is -2.29. The number of benzene rings is 1. The van der Waals surface area contributed by atoms with Crippen LogP contribution < -0.4 is 0 Å². The van der Waals surface area contributed by atoms with Crippen LogP contribution >= 0.6 is 0 Å². The fourth-order valence-electron chi connectivity index (χ4n) is 3.23. The first-order valence-corrected chi connectivity index (χ1v) is 9.43. The normalized spacial score (nSPS) is 12.4. The third-order valence-electron chi connectivity index (χ3n) is 5.11. The molecule has 8 heteroatoms. The Morgan fingerprint density at radius 1 is 1.17 bits per heavy atom. The molecule has 1 amide bonds. The van der Waals surface area contributed by atoms with E-state index >= 15 is 0 Å². The number of nitrogens with zero attached hydrogens (tertiary/aromatic N) is 6. The van der Waals surface area contributed by atoms with Gasteiger partial charge in [-0.3, -0.25) is 4.79 Å². The third-order valence-corrected chi connectivity index (χ3v) is 5.11. The molecule has 0 radical (unpaired) electrons. The Morgan fingerprint density at radius 2 is 1.93 bits per heavy atom. The van der Waals surface area contributed by atoms with Gasteiger partial charge in [0.05, 0.1) is 28.4 Å². The fraction of sp³-hybridized carbons (Fsp3) is 0.286. The molecule has 0 spiro atoms. The molecule has 3 aromatic heterocycles. The van der Waals surface area contributed by atoms with Crippen molar-refractivity contribution in [2.75, 3.05) is 7.05 Å². The van der Waals surface area contributed by atoms with Crippen LogP contribution in [0.25, 0.3) is 16.8 Å². The SMILES string of the molecule is CC(C)c1noc2ncc(C(=O)N(C)[C@@H](C)c3ccc(-n4cncn4)cc3)cc12. The van der Waals surface area contributed by atoms with Crippen LogP contribution in [0.2, 0.25) is 0 Å². The van der Waals surface area contributed by atoms with Gasteiger partial charge in [0.2, 0.25) is 0 Å². The zero-order chi connectivity index (χ0) is 20.5. The van der Waals surface area contributed by atoms with Gasteiger partial charge >= 0.3 is 0 Å². The van der Waals surface area contributed by atoms with E-state index in [4.69, 9.17) is 4.52 Å². The molecule has 3 heterocycles. The highest BCUT2D eigenvalue weighted by atomic mass is 16.5. The molecular weight excluding hydrogens is 368 g/mol. The summed E-state index contributed by atoms with van der Waals surface area (Å²) in [6, 6.07) is 9.59. The minimum Gasteiger partial charge on any atom is -0.336 e. The number of carbonyl (C=O) groups excluding carboxylic acids is 1. The second kappa shape index (κ2) is 7.46. The highest BCUT2D eigenvalue weighted by molar-refractivity contribution is 5.97. The predicted molar refractivity (Wildman–Crippen MR) is 108 cm³/mol. The number of rotatable bonds is 5. The van der Waals surface area contributed by atoms with E-state index in [2.05, 4.69) is 20.2 Å². The van der Waals surface area contributed by atoms with Crippen LogP contribution in [0.3, 0.4) is 0 Å². The van der Waals surface area contributed by atoms with E-state index in [-0.39, 0.29) is 17.9 Å². The van der Waals surface area contributed by atoms with Crippen LogP contribution in [0.15, 0.2) is 53.7 Å². The van der Waals surface area contributed by atoms with Crippen LogP contribution in [0.5, 0.6) is 0 Å². The van der Waals surface area contributed by atoms with Crippen molar-refractivity contribution in [1.29, 1.82) is 0 Å². The van der Waals surface area contributed by atoms with Crippen molar-refractivity contribution in [2.45, 2.75) is 32.7 Å². The van der Waals surface area contributed by atoms with Gasteiger partial charge in [-0.25, -0.2) is 14.6 Å². The third kappa shape index (κ3) is 3.49. The molecule has 0 aliphatic heterocycles. The lowest BCUT2D eigenvalue weighted by molar-refractivity contribution is 0.0742. The summed E-state index contributed by atoms with van der Waals surface area (Å²) in [5.74, 6) is 0.0757. The Balaban J connectivity index is 1.57. The summed E-state index contributed by atoms with van der Waals surface area (Å²) in [5.41, 5.74) is 3.70. The van der Waals surface area contributed by atoms with Gasteiger partial charge in [0.15, 0.2) is 0 Å². The van der Waals surface area contributed by atoms with Gasteiger partial charge in [-0.15, -0.1) is 0 Å². The minimum atomic E-state index is -0.116. The first-order valence-electron chi connectivity index (χ1n) is 9.43. The molecule has 4 rings (SSSR count). The molecule has 0 saturated heterocycles. The van der Waals surface area contributed by atoms with Gasteiger partial charge in [0.25, 0.3) is 11.6 Å². The van der Waals surface area contributed by atoms with Crippen LogP contribution in [-0.4, -0.2) is 42.8 Å². The number of amides is 1. The van der Waals surface area contributed by atoms with Crippen molar-refractivity contribution in [1.82, 2.24) is 29.8 Å². The highest BCUT2D eigenvalue weighted by Gasteiger charge is 2.21. The Morgan fingerprint density at radius 3 is 2.59 bits per heavy atom. The highest BCUT2D eigenvalue weighted by Crippen LogP contribution is 2.26. The molecule has 0 fully saturated rings. The first-order chi connectivity index (χ1) is 14.0. The molecule has 29 heavy (non-hydrogen) atoms. The van der Waals surface area contributed by atoms with Gasteiger partial charge in [-0.1, -0.05) is 31.1 Å². The quantitative estimate of drug-likeness (QED) is 0.515. The van der Waals surface area contributed by atoms with E-state index in [0.717, 1.165) is 22.3 Å². The van der Waals surface area contributed by atoms with Crippen molar-refractivity contribution < 1.29 is 9.32 Å². The monoisotopic (exact) mass is 390 g/mol. The first kappa shape index (κ1) is 18.8. The lowest BCUT2D eigenvalue weighted by Gasteiger charge is -2.25. The summed E-state index contributed by atoms with van der Waals surface area (Å²) < 4.78 is 6.96. The van der Waals surface area contributed by atoms with E-state index < -0.39 is 0 Å². The summed E-state index contributed by atoms with van der Waals surface area (Å²) in [4.78, 5) is 23.0. The molecule has 148 valence electrons. The zero-order valence-corrected chi connectivity index (χ0v) is 16.8. The van der Waals surface area contributed by atoms with Gasteiger partial charge < -0.3 is 9.42 Å². The molecule has 8 nitrogen and oxygen atoms in total. The molecular formula is C21H22N6O2. The minimum absolute atomic E-state index is 0.108. The van der Waals surface area contributed by atoms with Crippen molar-refractivity contribution >= 4 is 17.0 Å². The van der Waals surface area contributed by atoms with Crippen LogP contribution in [0.1, 0.15) is 54.3 Å². The standard InChI is InChI=1S/C21H22N6O2/c1-13(2)19-18-9-16(10-23-20(18)29-25-19)21(28)26(4)14(3)15-5-7-17(8-6-15)27-12-22-11-24-27/h5-14H,1-4H3/t14-/m0/s1.